The Labute approximate surface area is 165 Å². The van der Waals surface area contributed by atoms with Crippen LogP contribution in [0.15, 0.2) is 41.6 Å². The summed E-state index contributed by atoms with van der Waals surface area (Å²) in [4.78, 5) is 22.7. The maximum atomic E-state index is 12.3. The normalized spacial score (nSPS) is 10.7. The largest absolute Gasteiger partial charge is 0.325 e. The molecule has 2 aromatic carbocycles. The van der Waals surface area contributed by atoms with Gasteiger partial charge in [-0.2, -0.15) is 4.68 Å². The number of anilines is 1. The number of nitrogens with zero attached hydrogens (tertiary/aromatic N) is 5. The average Bonchev–Trinajstić information content (AvgIpc) is 3.09. The van der Waals surface area contributed by atoms with Crippen LogP contribution < -0.4 is 5.32 Å². The molecular formula is C18H18N6O3S. The SMILES string of the molecule is Cc1cc([N+](=O)[O-])ccc1NC(=O)CSc1nnnn1-c1c(C)cccc1C. The Balaban J connectivity index is 1.70. The molecule has 0 saturated carbocycles. The highest BCUT2D eigenvalue weighted by molar-refractivity contribution is 7.99. The molecule has 0 aliphatic heterocycles. The molecule has 0 aliphatic carbocycles. The predicted octanol–water partition coefficient (Wildman–Crippen LogP) is 3.23. The molecule has 0 fully saturated rings. The van der Waals surface area contributed by atoms with E-state index in [0.29, 0.717) is 16.4 Å². The number of carbonyl (C=O) groups excluding carboxylic acids is 1. The van der Waals surface area contributed by atoms with E-state index in [1.54, 1.807) is 11.6 Å². The molecule has 28 heavy (non-hydrogen) atoms. The van der Waals surface area contributed by atoms with Gasteiger partial charge in [0.2, 0.25) is 11.1 Å². The zero-order valence-electron chi connectivity index (χ0n) is 15.5. The molecule has 0 saturated heterocycles. The Morgan fingerprint density at radius 2 is 1.89 bits per heavy atom. The van der Waals surface area contributed by atoms with Gasteiger partial charge in [-0.25, -0.2) is 0 Å². The lowest BCUT2D eigenvalue weighted by atomic mass is 10.1. The van der Waals surface area contributed by atoms with Crippen LogP contribution in [0.2, 0.25) is 0 Å². The van der Waals surface area contributed by atoms with Gasteiger partial charge in [-0.1, -0.05) is 30.0 Å². The first-order valence-electron chi connectivity index (χ1n) is 8.39. The van der Waals surface area contributed by atoms with Crippen LogP contribution in [0, 0.1) is 30.9 Å². The average molecular weight is 398 g/mol. The summed E-state index contributed by atoms with van der Waals surface area (Å²) in [6, 6.07) is 10.2. The number of nitro groups is 1. The number of aryl methyl sites for hydroxylation is 3. The van der Waals surface area contributed by atoms with Gasteiger partial charge in [0.25, 0.3) is 5.69 Å². The van der Waals surface area contributed by atoms with Crippen molar-refractivity contribution in [2.24, 2.45) is 0 Å². The van der Waals surface area contributed by atoms with Crippen molar-refractivity contribution >= 4 is 29.0 Å². The number of rotatable bonds is 6. The van der Waals surface area contributed by atoms with Crippen LogP contribution in [0.5, 0.6) is 0 Å². The van der Waals surface area contributed by atoms with E-state index < -0.39 is 4.92 Å². The lowest BCUT2D eigenvalue weighted by Gasteiger charge is -2.11. The highest BCUT2D eigenvalue weighted by Crippen LogP contribution is 2.24. The number of amides is 1. The monoisotopic (exact) mass is 398 g/mol. The number of para-hydroxylation sites is 1. The molecule has 0 aliphatic rings. The van der Waals surface area contributed by atoms with Crippen molar-refractivity contribution in [3.05, 3.63) is 63.2 Å². The number of benzene rings is 2. The molecule has 0 radical (unpaired) electrons. The van der Waals surface area contributed by atoms with E-state index in [0.717, 1.165) is 16.8 Å². The molecule has 1 aromatic heterocycles. The number of tetrazole rings is 1. The summed E-state index contributed by atoms with van der Waals surface area (Å²) in [5.74, 6) is -0.153. The summed E-state index contributed by atoms with van der Waals surface area (Å²) in [6.07, 6.45) is 0. The first-order chi connectivity index (χ1) is 13.4. The van der Waals surface area contributed by atoms with Gasteiger partial charge in [-0.15, -0.1) is 5.10 Å². The quantitative estimate of drug-likeness (QED) is 0.385. The summed E-state index contributed by atoms with van der Waals surface area (Å²) in [5.41, 5.74) is 4.08. The fourth-order valence-corrected chi connectivity index (χ4v) is 3.44. The number of aromatic nitrogens is 4. The minimum absolute atomic E-state index is 0.0161. The van der Waals surface area contributed by atoms with Gasteiger partial charge >= 0.3 is 0 Å². The first-order valence-corrected chi connectivity index (χ1v) is 9.38. The number of hydrogen-bond acceptors (Lipinski definition) is 7. The maximum absolute atomic E-state index is 12.3. The lowest BCUT2D eigenvalue weighted by Crippen LogP contribution is -2.15. The van der Waals surface area contributed by atoms with Crippen LogP contribution in [0.1, 0.15) is 16.7 Å². The Morgan fingerprint density at radius 1 is 1.18 bits per heavy atom. The van der Waals surface area contributed by atoms with Crippen molar-refractivity contribution in [1.29, 1.82) is 0 Å². The van der Waals surface area contributed by atoms with E-state index in [1.165, 1.54) is 30.0 Å². The third-order valence-corrected chi connectivity index (χ3v) is 5.04. The molecule has 9 nitrogen and oxygen atoms in total. The first kappa shape index (κ1) is 19.5. The molecule has 1 N–H and O–H groups in total. The second kappa shape index (κ2) is 8.17. The molecule has 0 spiro atoms. The zero-order chi connectivity index (χ0) is 20.3. The molecular weight excluding hydrogens is 380 g/mol. The van der Waals surface area contributed by atoms with Crippen molar-refractivity contribution in [2.45, 2.75) is 25.9 Å². The Bertz CT molecular complexity index is 1030. The molecule has 0 unspecified atom stereocenters. The van der Waals surface area contributed by atoms with Crippen molar-refractivity contribution in [3.63, 3.8) is 0 Å². The number of non-ortho nitro benzene ring substituents is 1. The summed E-state index contributed by atoms with van der Waals surface area (Å²) in [7, 11) is 0. The van der Waals surface area contributed by atoms with Gasteiger partial charge in [0.15, 0.2) is 0 Å². The molecule has 1 amide bonds. The van der Waals surface area contributed by atoms with Crippen LogP contribution >= 0.6 is 11.8 Å². The lowest BCUT2D eigenvalue weighted by molar-refractivity contribution is -0.384. The van der Waals surface area contributed by atoms with Gasteiger partial charge in [-0.3, -0.25) is 14.9 Å². The van der Waals surface area contributed by atoms with Crippen LogP contribution in [0.3, 0.4) is 0 Å². The molecule has 3 aromatic rings. The highest BCUT2D eigenvalue weighted by atomic mass is 32.2. The fraction of sp³-hybridized carbons (Fsp3) is 0.222. The van der Waals surface area contributed by atoms with Gasteiger partial charge < -0.3 is 5.32 Å². The van der Waals surface area contributed by atoms with Crippen molar-refractivity contribution in [3.8, 4) is 5.69 Å². The molecule has 1 heterocycles. The number of thioether (sulfide) groups is 1. The van der Waals surface area contributed by atoms with E-state index in [4.69, 9.17) is 0 Å². The summed E-state index contributed by atoms with van der Waals surface area (Å²) < 4.78 is 1.62. The number of nitrogens with one attached hydrogen (secondary N) is 1. The molecule has 144 valence electrons. The van der Waals surface area contributed by atoms with Crippen molar-refractivity contribution in [1.82, 2.24) is 20.2 Å². The van der Waals surface area contributed by atoms with Crippen LogP contribution in [-0.4, -0.2) is 36.8 Å². The third-order valence-electron chi connectivity index (χ3n) is 4.12. The fourth-order valence-electron chi connectivity index (χ4n) is 2.77. The van der Waals surface area contributed by atoms with Gasteiger partial charge in [0, 0.05) is 17.8 Å². The minimum Gasteiger partial charge on any atom is -0.325 e. The number of hydrogen-bond donors (Lipinski definition) is 1. The molecule has 10 heteroatoms. The summed E-state index contributed by atoms with van der Waals surface area (Å²) >= 11 is 1.21. The van der Waals surface area contributed by atoms with E-state index in [1.807, 2.05) is 32.0 Å². The Kier molecular flexibility index (Phi) is 5.69. The second-order valence-corrected chi connectivity index (χ2v) is 7.15. The molecule has 0 atom stereocenters. The zero-order valence-corrected chi connectivity index (χ0v) is 16.4. The standard InChI is InChI=1S/C18H18N6O3S/c1-11-5-4-6-12(2)17(11)23-18(20-21-22-23)28-10-16(25)19-15-8-7-14(24(26)27)9-13(15)3/h4-9H,10H2,1-3H3,(H,19,25). The highest BCUT2D eigenvalue weighted by Gasteiger charge is 2.16. The van der Waals surface area contributed by atoms with Gasteiger partial charge in [0.05, 0.1) is 16.4 Å². The number of carbonyl (C=O) groups is 1. The van der Waals surface area contributed by atoms with Crippen LogP contribution in [0.25, 0.3) is 5.69 Å². The van der Waals surface area contributed by atoms with Crippen molar-refractivity contribution in [2.75, 3.05) is 11.1 Å². The summed E-state index contributed by atoms with van der Waals surface area (Å²) in [5, 5.41) is 25.9. The molecule has 0 bridgehead atoms. The topological polar surface area (TPSA) is 116 Å². The van der Waals surface area contributed by atoms with Crippen LogP contribution in [-0.2, 0) is 4.79 Å². The smallest absolute Gasteiger partial charge is 0.269 e. The van der Waals surface area contributed by atoms with Crippen molar-refractivity contribution < 1.29 is 9.72 Å². The Morgan fingerprint density at radius 3 is 2.54 bits per heavy atom. The van der Waals surface area contributed by atoms with E-state index in [9.17, 15) is 14.9 Å². The van der Waals surface area contributed by atoms with E-state index in [-0.39, 0.29) is 17.3 Å². The van der Waals surface area contributed by atoms with Crippen LogP contribution in [0.4, 0.5) is 11.4 Å². The summed E-state index contributed by atoms with van der Waals surface area (Å²) in [6.45, 7) is 5.66. The second-order valence-electron chi connectivity index (χ2n) is 6.21. The maximum Gasteiger partial charge on any atom is 0.269 e. The predicted molar refractivity (Wildman–Crippen MR) is 106 cm³/mol. The number of nitro benzene ring substituents is 1. The third kappa shape index (κ3) is 4.17. The minimum atomic E-state index is -0.470. The Hall–Kier alpha value is -3.27. The van der Waals surface area contributed by atoms with E-state index >= 15 is 0 Å². The van der Waals surface area contributed by atoms with Gasteiger partial charge in [-0.05, 0) is 54.0 Å². The van der Waals surface area contributed by atoms with E-state index in [2.05, 4.69) is 20.8 Å². The molecule has 3 rings (SSSR count). The van der Waals surface area contributed by atoms with Gasteiger partial charge in [0.1, 0.15) is 0 Å².